The van der Waals surface area contributed by atoms with Gasteiger partial charge < -0.3 is 9.84 Å². The van der Waals surface area contributed by atoms with Gasteiger partial charge in [0.2, 0.25) is 0 Å². The van der Waals surface area contributed by atoms with Crippen LogP contribution in [-0.4, -0.2) is 17.4 Å². The molecule has 0 heterocycles. The fraction of sp³-hybridized carbons (Fsp3) is 0.960. The van der Waals surface area contributed by atoms with Gasteiger partial charge in [0.15, 0.2) is 0 Å². The van der Waals surface area contributed by atoms with E-state index in [9.17, 15) is 9.90 Å². The van der Waals surface area contributed by atoms with Crippen LogP contribution in [0.3, 0.4) is 0 Å². The molecule has 0 aliphatic heterocycles. The van der Waals surface area contributed by atoms with E-state index in [0.717, 1.165) is 42.4 Å². The smallest absolute Gasteiger partial charge is 0.450 e. The van der Waals surface area contributed by atoms with Crippen molar-refractivity contribution >= 4 is 6.16 Å². The molecule has 0 saturated heterocycles. The molecule has 0 bridgehead atoms. The van der Waals surface area contributed by atoms with Gasteiger partial charge in [0.1, 0.15) is 6.10 Å². The zero-order valence-electron chi connectivity index (χ0n) is 18.6. The van der Waals surface area contributed by atoms with Crippen LogP contribution in [0.25, 0.3) is 0 Å². The van der Waals surface area contributed by atoms with Gasteiger partial charge in [0.25, 0.3) is 0 Å². The Bertz CT molecular complexity index is 588. The first-order chi connectivity index (χ1) is 13.3. The van der Waals surface area contributed by atoms with E-state index in [2.05, 4.69) is 27.7 Å². The van der Waals surface area contributed by atoms with Crippen LogP contribution in [0.2, 0.25) is 0 Å². The predicted octanol–water partition coefficient (Wildman–Crippen LogP) is 7.14. The molecule has 3 heteroatoms. The lowest BCUT2D eigenvalue weighted by Gasteiger charge is -2.61. The third kappa shape index (κ3) is 3.10. The van der Waals surface area contributed by atoms with Gasteiger partial charge in [-0.25, -0.2) is 4.79 Å². The molecule has 5 unspecified atom stereocenters. The average Bonchev–Trinajstić information content (AvgIpc) is 2.98. The minimum Gasteiger partial charge on any atom is -0.450 e. The van der Waals surface area contributed by atoms with Crippen LogP contribution in [0.15, 0.2) is 0 Å². The SMILES string of the molecule is CCC[C@@H](C)[C@H]1CCC2C3CCC4C(OC(=O)O)CCC[C@]4(C)C3CC[C@@]21C. The number of rotatable bonds is 4. The van der Waals surface area contributed by atoms with Crippen LogP contribution >= 0.6 is 0 Å². The lowest BCUT2D eigenvalue weighted by atomic mass is 9.44. The Balaban J connectivity index is 1.55. The lowest BCUT2D eigenvalue weighted by molar-refractivity contribution is -0.149. The number of carbonyl (C=O) groups is 1. The molecule has 0 amide bonds. The zero-order chi connectivity index (χ0) is 20.1. The summed E-state index contributed by atoms with van der Waals surface area (Å²) in [5.41, 5.74) is 0.834. The topological polar surface area (TPSA) is 46.5 Å². The zero-order valence-corrected chi connectivity index (χ0v) is 18.6. The number of hydrogen-bond donors (Lipinski definition) is 1. The maximum absolute atomic E-state index is 11.3. The molecule has 4 aliphatic rings. The Labute approximate surface area is 172 Å². The summed E-state index contributed by atoms with van der Waals surface area (Å²) >= 11 is 0. The molecule has 4 fully saturated rings. The molecule has 0 radical (unpaired) electrons. The van der Waals surface area contributed by atoms with Crippen molar-refractivity contribution in [2.75, 3.05) is 0 Å². The van der Waals surface area contributed by atoms with Gasteiger partial charge in [-0.05, 0) is 98.2 Å². The van der Waals surface area contributed by atoms with Gasteiger partial charge in [-0.1, -0.05) is 40.5 Å². The van der Waals surface area contributed by atoms with Crippen molar-refractivity contribution in [3.8, 4) is 0 Å². The molecule has 4 rings (SSSR count). The van der Waals surface area contributed by atoms with E-state index in [1.54, 1.807) is 0 Å². The van der Waals surface area contributed by atoms with Crippen LogP contribution in [-0.2, 0) is 4.74 Å². The Morgan fingerprint density at radius 2 is 1.71 bits per heavy atom. The van der Waals surface area contributed by atoms with Crippen LogP contribution < -0.4 is 0 Å². The van der Waals surface area contributed by atoms with Crippen LogP contribution in [0.1, 0.15) is 98.3 Å². The summed E-state index contributed by atoms with van der Waals surface area (Å²) in [4.78, 5) is 11.3. The number of carboxylic acid groups (broad SMARTS) is 1. The van der Waals surface area contributed by atoms with Crippen molar-refractivity contribution in [3.05, 3.63) is 0 Å². The summed E-state index contributed by atoms with van der Waals surface area (Å²) in [7, 11) is 0. The molecule has 0 aromatic carbocycles. The van der Waals surface area contributed by atoms with Crippen molar-refractivity contribution in [3.63, 3.8) is 0 Å². The summed E-state index contributed by atoms with van der Waals surface area (Å²) in [6.45, 7) is 9.99. The Morgan fingerprint density at radius 3 is 2.43 bits per heavy atom. The summed E-state index contributed by atoms with van der Waals surface area (Å²) < 4.78 is 5.40. The Morgan fingerprint density at radius 1 is 1.00 bits per heavy atom. The molecule has 1 N–H and O–H groups in total. The molecule has 0 aromatic heterocycles. The van der Waals surface area contributed by atoms with E-state index in [0.29, 0.717) is 11.3 Å². The standard InChI is InChI=1S/C25H42O3/c1-5-7-16(2)18-11-12-19-17-9-10-21-22(28-23(26)27)8-6-14-24(21,3)20(17)13-15-25(18,19)4/h16-22H,5-15H2,1-4H3,(H,26,27)/t16-,17?,18-,19?,20?,21?,22?,24-,25-/m1/s1. The Kier molecular flexibility index (Phi) is 5.51. The first kappa shape index (κ1) is 20.5. The van der Waals surface area contributed by atoms with Gasteiger partial charge in [-0.15, -0.1) is 0 Å². The van der Waals surface area contributed by atoms with Crippen LogP contribution in [0.5, 0.6) is 0 Å². The van der Waals surface area contributed by atoms with Crippen molar-refractivity contribution in [1.82, 2.24) is 0 Å². The Hall–Kier alpha value is -0.730. The minimum atomic E-state index is -1.07. The highest BCUT2D eigenvalue weighted by molar-refractivity contribution is 5.57. The van der Waals surface area contributed by atoms with E-state index >= 15 is 0 Å². The maximum atomic E-state index is 11.3. The van der Waals surface area contributed by atoms with Crippen molar-refractivity contribution in [2.45, 2.75) is 104 Å². The fourth-order valence-electron chi connectivity index (χ4n) is 9.25. The van der Waals surface area contributed by atoms with Gasteiger partial charge >= 0.3 is 6.16 Å². The monoisotopic (exact) mass is 390 g/mol. The molecule has 0 spiro atoms. The van der Waals surface area contributed by atoms with Gasteiger partial charge in [0.05, 0.1) is 0 Å². The fourth-order valence-corrected chi connectivity index (χ4v) is 9.25. The largest absolute Gasteiger partial charge is 0.506 e. The van der Waals surface area contributed by atoms with Crippen LogP contribution in [0, 0.1) is 46.3 Å². The second-order valence-electron chi connectivity index (χ2n) is 11.4. The molecule has 0 aromatic rings. The van der Waals surface area contributed by atoms with Crippen molar-refractivity contribution in [2.24, 2.45) is 46.3 Å². The molecule has 4 aliphatic carbocycles. The number of ether oxygens (including phenoxy) is 1. The average molecular weight is 391 g/mol. The molecule has 28 heavy (non-hydrogen) atoms. The van der Waals surface area contributed by atoms with Crippen molar-refractivity contribution in [1.29, 1.82) is 0 Å². The van der Waals surface area contributed by atoms with E-state index < -0.39 is 6.16 Å². The predicted molar refractivity (Wildman–Crippen MR) is 112 cm³/mol. The lowest BCUT2D eigenvalue weighted by Crippen LogP contribution is -2.56. The maximum Gasteiger partial charge on any atom is 0.506 e. The normalized spacial score (nSPS) is 48.9. The third-order valence-electron chi connectivity index (χ3n) is 10.4. The van der Waals surface area contributed by atoms with Gasteiger partial charge in [-0.3, -0.25) is 0 Å². The highest BCUT2D eigenvalue weighted by Gasteiger charge is 2.61. The van der Waals surface area contributed by atoms with E-state index in [1.165, 1.54) is 57.8 Å². The summed E-state index contributed by atoms with van der Waals surface area (Å²) in [6.07, 6.45) is 13.0. The molecule has 3 nitrogen and oxygen atoms in total. The van der Waals surface area contributed by atoms with Gasteiger partial charge in [-0.2, -0.15) is 0 Å². The van der Waals surface area contributed by atoms with E-state index in [4.69, 9.17) is 4.74 Å². The first-order valence-corrected chi connectivity index (χ1v) is 12.2. The van der Waals surface area contributed by atoms with Crippen LogP contribution in [0.4, 0.5) is 4.79 Å². The third-order valence-corrected chi connectivity index (χ3v) is 10.4. The molecular formula is C25H42O3. The van der Waals surface area contributed by atoms with E-state index in [-0.39, 0.29) is 11.5 Å². The summed E-state index contributed by atoms with van der Waals surface area (Å²) in [6, 6.07) is 0. The second-order valence-corrected chi connectivity index (χ2v) is 11.4. The quantitative estimate of drug-likeness (QED) is 0.519. The van der Waals surface area contributed by atoms with E-state index in [1.807, 2.05) is 0 Å². The summed E-state index contributed by atoms with van der Waals surface area (Å²) in [5, 5.41) is 9.23. The van der Waals surface area contributed by atoms with Gasteiger partial charge in [0, 0.05) is 5.92 Å². The highest BCUT2D eigenvalue weighted by atomic mass is 16.7. The molecule has 160 valence electrons. The minimum absolute atomic E-state index is 0.0635. The molecular weight excluding hydrogens is 348 g/mol. The second kappa shape index (κ2) is 7.51. The number of hydrogen-bond acceptors (Lipinski definition) is 2. The molecule has 4 saturated carbocycles. The first-order valence-electron chi connectivity index (χ1n) is 12.2. The number of fused-ring (bicyclic) bond motifs is 5. The highest BCUT2D eigenvalue weighted by Crippen LogP contribution is 2.68. The molecule has 9 atom stereocenters. The van der Waals surface area contributed by atoms with Crippen molar-refractivity contribution < 1.29 is 14.6 Å². The summed E-state index contributed by atoms with van der Waals surface area (Å²) in [5.74, 6) is 4.77.